The molecule has 0 fully saturated rings. The zero-order valence-electron chi connectivity index (χ0n) is 10.9. The van der Waals surface area contributed by atoms with Crippen molar-refractivity contribution in [3.05, 3.63) is 17.1 Å². The molecule has 1 aromatic rings. The molecule has 2 heteroatoms. The Hall–Kier alpha value is -0.290. The third kappa shape index (κ3) is 5.70. The SMILES string of the molecule is CCCCCCCCCCc1p[nH]cc1C. The number of unbranched alkanes of at least 4 members (excludes halogenated alkanes) is 7. The second-order valence-corrected chi connectivity index (χ2v) is 5.76. The summed E-state index contributed by atoms with van der Waals surface area (Å²) in [4.78, 5) is 0. The summed E-state index contributed by atoms with van der Waals surface area (Å²) in [7, 11) is 1.33. The molecule has 0 aliphatic rings. The molecule has 0 spiro atoms. The van der Waals surface area contributed by atoms with Gasteiger partial charge in [0.15, 0.2) is 0 Å². The smallest absolute Gasteiger partial charge is 0.0141 e. The summed E-state index contributed by atoms with van der Waals surface area (Å²) in [6.45, 7) is 4.50. The van der Waals surface area contributed by atoms with Crippen molar-refractivity contribution in [3.8, 4) is 0 Å². The molecule has 0 saturated carbocycles. The lowest BCUT2D eigenvalue weighted by atomic mass is 10.1. The minimum Gasteiger partial charge on any atom is -0.344 e. The standard InChI is InChI=1S/C14H26NP/c1-3-4-5-6-7-8-9-10-11-14-13(2)12-15-16-14/h12,15H,3-11H2,1-2H3. The van der Waals surface area contributed by atoms with Crippen molar-refractivity contribution >= 4 is 8.35 Å². The fourth-order valence-electron chi connectivity index (χ4n) is 2.06. The number of rotatable bonds is 9. The monoisotopic (exact) mass is 239 g/mol. The van der Waals surface area contributed by atoms with Crippen LogP contribution in [0.25, 0.3) is 0 Å². The Labute approximate surface area is 102 Å². The van der Waals surface area contributed by atoms with E-state index < -0.39 is 0 Å². The van der Waals surface area contributed by atoms with Gasteiger partial charge in [-0.05, 0) is 25.3 Å². The molecule has 92 valence electrons. The highest BCUT2D eigenvalue weighted by Crippen LogP contribution is 2.20. The average molecular weight is 239 g/mol. The molecule has 0 amide bonds. The summed E-state index contributed by atoms with van der Waals surface area (Å²) >= 11 is 0. The lowest BCUT2D eigenvalue weighted by Crippen LogP contribution is -1.85. The molecule has 1 heterocycles. The molecule has 1 nitrogen and oxygen atoms in total. The average Bonchev–Trinajstić information content (AvgIpc) is 2.68. The molecule has 0 aliphatic heterocycles. The van der Waals surface area contributed by atoms with Crippen LogP contribution < -0.4 is 0 Å². The van der Waals surface area contributed by atoms with Crippen LogP contribution in [0.5, 0.6) is 0 Å². The first-order valence-electron chi connectivity index (χ1n) is 6.84. The van der Waals surface area contributed by atoms with Gasteiger partial charge >= 0.3 is 0 Å². The van der Waals surface area contributed by atoms with Gasteiger partial charge in [-0.15, -0.1) is 0 Å². The first kappa shape index (κ1) is 13.8. The summed E-state index contributed by atoms with van der Waals surface area (Å²) in [5, 5.41) is 1.60. The molecular weight excluding hydrogens is 213 g/mol. The maximum absolute atomic E-state index is 3.27. The quantitative estimate of drug-likeness (QED) is 0.541. The Morgan fingerprint density at radius 1 is 1.00 bits per heavy atom. The first-order chi connectivity index (χ1) is 7.84. The Morgan fingerprint density at radius 3 is 2.19 bits per heavy atom. The first-order valence-corrected chi connectivity index (χ1v) is 7.73. The van der Waals surface area contributed by atoms with Gasteiger partial charge in [-0.25, -0.2) is 0 Å². The van der Waals surface area contributed by atoms with E-state index in [1.807, 2.05) is 0 Å². The number of aromatic amines is 1. The van der Waals surface area contributed by atoms with Gasteiger partial charge in [0.05, 0.1) is 0 Å². The summed E-state index contributed by atoms with van der Waals surface area (Å²) in [5.41, 5.74) is 1.46. The third-order valence-corrected chi connectivity index (χ3v) is 4.31. The summed E-state index contributed by atoms with van der Waals surface area (Å²) in [6.07, 6.45) is 14.8. The lowest BCUT2D eigenvalue weighted by Gasteiger charge is -2.01. The second kappa shape index (κ2) is 8.82. The van der Waals surface area contributed by atoms with E-state index in [0.717, 1.165) is 0 Å². The zero-order chi connectivity index (χ0) is 11.6. The molecule has 1 N–H and O–H groups in total. The van der Waals surface area contributed by atoms with E-state index in [1.165, 1.54) is 71.7 Å². The number of aromatic nitrogens is 1. The van der Waals surface area contributed by atoms with Crippen LogP contribution in [0.2, 0.25) is 0 Å². The minimum absolute atomic E-state index is 1.30. The van der Waals surface area contributed by atoms with E-state index in [1.54, 1.807) is 5.30 Å². The molecule has 0 atom stereocenters. The van der Waals surface area contributed by atoms with Gasteiger partial charge in [-0.1, -0.05) is 51.9 Å². The number of nitrogens with one attached hydrogen (secondary N) is 1. The van der Waals surface area contributed by atoms with E-state index >= 15 is 0 Å². The van der Waals surface area contributed by atoms with Gasteiger partial charge in [0.2, 0.25) is 0 Å². The van der Waals surface area contributed by atoms with Gasteiger partial charge in [0.25, 0.3) is 0 Å². The van der Waals surface area contributed by atoms with E-state index in [4.69, 9.17) is 0 Å². The van der Waals surface area contributed by atoms with E-state index in [9.17, 15) is 0 Å². The Kier molecular flexibility index (Phi) is 7.59. The van der Waals surface area contributed by atoms with Gasteiger partial charge < -0.3 is 4.75 Å². The Balaban J connectivity index is 1.91. The summed E-state index contributed by atoms with van der Waals surface area (Å²) in [6, 6.07) is 0. The van der Waals surface area contributed by atoms with Crippen molar-refractivity contribution in [2.24, 2.45) is 0 Å². The second-order valence-electron chi connectivity index (χ2n) is 4.74. The normalized spacial score (nSPS) is 11.4. The van der Waals surface area contributed by atoms with E-state index in [-0.39, 0.29) is 0 Å². The van der Waals surface area contributed by atoms with Crippen LogP contribution in [0, 0.1) is 6.92 Å². The molecule has 1 aromatic heterocycles. The lowest BCUT2D eigenvalue weighted by molar-refractivity contribution is 0.576. The van der Waals surface area contributed by atoms with Crippen molar-refractivity contribution in [2.75, 3.05) is 0 Å². The number of aryl methyl sites for hydroxylation is 2. The molecular formula is C14H26NP. The number of hydrogen-bond donors (Lipinski definition) is 1. The van der Waals surface area contributed by atoms with Crippen LogP contribution in [-0.4, -0.2) is 4.75 Å². The van der Waals surface area contributed by atoms with Crippen molar-refractivity contribution in [3.63, 3.8) is 0 Å². The topological polar surface area (TPSA) is 15.8 Å². The van der Waals surface area contributed by atoms with Crippen LogP contribution in [0.3, 0.4) is 0 Å². The highest BCUT2D eigenvalue weighted by molar-refractivity contribution is 7.26. The Bertz CT molecular complexity index is 267. The largest absolute Gasteiger partial charge is 0.344 e. The van der Waals surface area contributed by atoms with E-state index in [2.05, 4.69) is 24.8 Å². The molecule has 0 saturated heterocycles. The predicted octanol–water partition coefficient (Wildman–Crippen LogP) is 5.59. The van der Waals surface area contributed by atoms with Crippen molar-refractivity contribution in [2.45, 2.75) is 71.6 Å². The van der Waals surface area contributed by atoms with Crippen molar-refractivity contribution < 1.29 is 0 Å². The maximum Gasteiger partial charge on any atom is 0.0141 e. The molecule has 0 aromatic carbocycles. The molecule has 0 unspecified atom stereocenters. The highest BCUT2D eigenvalue weighted by atomic mass is 31.0. The van der Waals surface area contributed by atoms with Crippen molar-refractivity contribution in [1.29, 1.82) is 0 Å². The third-order valence-electron chi connectivity index (χ3n) is 3.20. The summed E-state index contributed by atoms with van der Waals surface area (Å²) < 4.78 is 3.27. The van der Waals surface area contributed by atoms with Gasteiger partial charge in [-0.2, -0.15) is 0 Å². The molecule has 0 aliphatic carbocycles. The van der Waals surface area contributed by atoms with Gasteiger partial charge in [0.1, 0.15) is 0 Å². The van der Waals surface area contributed by atoms with Crippen LogP contribution in [-0.2, 0) is 6.42 Å². The van der Waals surface area contributed by atoms with Gasteiger partial charge in [0, 0.05) is 19.8 Å². The molecule has 0 radical (unpaired) electrons. The fourth-order valence-corrected chi connectivity index (χ4v) is 2.98. The van der Waals surface area contributed by atoms with Crippen LogP contribution in [0.1, 0.15) is 69.1 Å². The number of hydrogen-bond acceptors (Lipinski definition) is 0. The molecule has 16 heavy (non-hydrogen) atoms. The predicted molar refractivity (Wildman–Crippen MR) is 74.4 cm³/mol. The molecule has 0 bridgehead atoms. The zero-order valence-corrected chi connectivity index (χ0v) is 11.8. The summed E-state index contributed by atoms with van der Waals surface area (Å²) in [5.74, 6) is 0. The van der Waals surface area contributed by atoms with Crippen LogP contribution in [0.15, 0.2) is 6.20 Å². The Morgan fingerprint density at radius 2 is 1.62 bits per heavy atom. The van der Waals surface area contributed by atoms with Gasteiger partial charge in [-0.3, -0.25) is 0 Å². The van der Waals surface area contributed by atoms with Crippen LogP contribution in [0.4, 0.5) is 0 Å². The number of H-pyrrole nitrogens is 1. The molecule has 1 rings (SSSR count). The maximum atomic E-state index is 3.27. The van der Waals surface area contributed by atoms with Crippen molar-refractivity contribution in [1.82, 2.24) is 4.75 Å². The fraction of sp³-hybridized carbons (Fsp3) is 0.786. The van der Waals surface area contributed by atoms with E-state index in [0.29, 0.717) is 0 Å². The highest BCUT2D eigenvalue weighted by Gasteiger charge is 1.99. The van der Waals surface area contributed by atoms with Crippen LogP contribution >= 0.6 is 8.35 Å². The minimum atomic E-state index is 1.30.